The molecule has 6 heteroatoms. The van der Waals surface area contributed by atoms with E-state index in [1.807, 2.05) is 6.33 Å². The van der Waals surface area contributed by atoms with Gasteiger partial charge in [-0.1, -0.05) is 38.5 Å². The van der Waals surface area contributed by atoms with Crippen LogP contribution in [0.1, 0.15) is 71.4 Å². The number of nitrogens with zero attached hydrogens (tertiary/aromatic N) is 2. The molecule has 1 heterocycles. The van der Waals surface area contributed by atoms with Crippen molar-refractivity contribution in [2.24, 2.45) is 28.6 Å². The smallest absolute Gasteiger partial charge is 0.264 e. The second-order valence-corrected chi connectivity index (χ2v) is 12.4. The lowest BCUT2D eigenvalue weighted by Gasteiger charge is -2.57. The van der Waals surface area contributed by atoms with Crippen LogP contribution in [0, 0.1) is 28.6 Å². The molecule has 2 fully saturated rings. The third kappa shape index (κ3) is 3.45. The fraction of sp³-hybridized carbons (Fsp3) is 0.720. The highest BCUT2D eigenvalue weighted by Gasteiger charge is 2.57. The Hall–Kier alpha value is -1.40. The molecule has 0 amide bonds. The van der Waals surface area contributed by atoms with Gasteiger partial charge < -0.3 is 4.57 Å². The number of allylic oxidation sites excluding steroid dienone is 3. The minimum absolute atomic E-state index is 0.187. The van der Waals surface area contributed by atoms with Gasteiger partial charge in [0.1, 0.15) is 0 Å². The first kappa shape index (κ1) is 21.4. The molecule has 0 aliphatic heterocycles. The van der Waals surface area contributed by atoms with Gasteiger partial charge in [0.15, 0.2) is 0 Å². The number of hydrogen-bond acceptors (Lipinski definition) is 4. The summed E-state index contributed by atoms with van der Waals surface area (Å²) in [5.74, 6) is 2.06. The van der Waals surface area contributed by atoms with Crippen LogP contribution in [0.25, 0.3) is 5.70 Å². The summed E-state index contributed by atoms with van der Waals surface area (Å²) in [4.78, 5) is 4.58. The van der Waals surface area contributed by atoms with Crippen LogP contribution in [0.2, 0.25) is 0 Å². The first-order valence-corrected chi connectivity index (χ1v) is 13.8. The van der Waals surface area contributed by atoms with Gasteiger partial charge in [0.25, 0.3) is 10.1 Å². The number of fused-ring (bicyclic) bond motifs is 5. The molecule has 0 spiro atoms. The highest BCUT2D eigenvalue weighted by atomic mass is 32.2. The summed E-state index contributed by atoms with van der Waals surface area (Å²) in [6.07, 6.45) is 18.5. The SMILES string of the molecule is CCc1cn(C2=CCC3C4CC=C5C[C@@H](OS(C)(=O)=O)CC[C@]5(C)C4CC[C@]23C)cn1. The number of imidazole rings is 1. The Morgan fingerprint density at radius 1 is 1.13 bits per heavy atom. The number of aryl methyl sites for hydroxylation is 1. The molecule has 0 saturated heterocycles. The van der Waals surface area contributed by atoms with Crippen LogP contribution in [-0.4, -0.2) is 30.3 Å². The summed E-state index contributed by atoms with van der Waals surface area (Å²) < 4.78 is 31.0. The highest BCUT2D eigenvalue weighted by molar-refractivity contribution is 7.86. The first-order chi connectivity index (χ1) is 14.6. The molecule has 6 atom stereocenters. The monoisotopic (exact) mass is 444 g/mol. The molecule has 0 aromatic carbocycles. The molecular weight excluding hydrogens is 408 g/mol. The van der Waals surface area contributed by atoms with Gasteiger partial charge in [-0.2, -0.15) is 8.42 Å². The molecule has 1 aromatic rings. The molecule has 5 nitrogen and oxygen atoms in total. The van der Waals surface area contributed by atoms with Crippen molar-refractivity contribution < 1.29 is 12.6 Å². The van der Waals surface area contributed by atoms with Crippen LogP contribution in [0.3, 0.4) is 0 Å². The average Bonchev–Trinajstić information content (AvgIpc) is 3.30. The van der Waals surface area contributed by atoms with Crippen molar-refractivity contribution in [2.75, 3.05) is 6.26 Å². The Morgan fingerprint density at radius 2 is 1.90 bits per heavy atom. The third-order valence-electron chi connectivity index (χ3n) is 9.19. The zero-order chi connectivity index (χ0) is 22.0. The average molecular weight is 445 g/mol. The lowest BCUT2D eigenvalue weighted by Crippen LogP contribution is -2.50. The normalized spacial score (nSPS) is 39.9. The third-order valence-corrected chi connectivity index (χ3v) is 9.81. The van der Waals surface area contributed by atoms with Crippen molar-refractivity contribution in [3.8, 4) is 0 Å². The number of hydrogen-bond donors (Lipinski definition) is 0. The Kier molecular flexibility index (Phi) is 5.06. The van der Waals surface area contributed by atoms with Gasteiger partial charge in [0.2, 0.25) is 0 Å². The van der Waals surface area contributed by atoms with E-state index in [9.17, 15) is 8.42 Å². The summed E-state index contributed by atoms with van der Waals surface area (Å²) in [5, 5.41) is 0. The molecule has 3 unspecified atom stereocenters. The van der Waals surface area contributed by atoms with Crippen LogP contribution in [-0.2, 0) is 20.7 Å². The maximum absolute atomic E-state index is 11.6. The van der Waals surface area contributed by atoms with Crippen molar-refractivity contribution in [1.82, 2.24) is 9.55 Å². The van der Waals surface area contributed by atoms with Gasteiger partial charge in [-0.3, -0.25) is 4.18 Å². The van der Waals surface area contributed by atoms with Crippen molar-refractivity contribution in [3.63, 3.8) is 0 Å². The molecule has 4 aliphatic carbocycles. The number of rotatable bonds is 4. The van der Waals surface area contributed by atoms with Crippen molar-refractivity contribution in [1.29, 1.82) is 0 Å². The van der Waals surface area contributed by atoms with Gasteiger partial charge >= 0.3 is 0 Å². The first-order valence-electron chi connectivity index (χ1n) is 12.0. The summed E-state index contributed by atoms with van der Waals surface area (Å²) in [7, 11) is -3.40. The molecule has 1 aromatic heterocycles. The van der Waals surface area contributed by atoms with E-state index in [4.69, 9.17) is 4.18 Å². The van der Waals surface area contributed by atoms with E-state index in [1.54, 1.807) is 0 Å². The predicted octanol–water partition coefficient (Wildman–Crippen LogP) is 5.20. The molecule has 4 aliphatic rings. The van der Waals surface area contributed by atoms with Crippen molar-refractivity contribution >= 4 is 15.8 Å². The lowest BCUT2D eigenvalue weighted by molar-refractivity contribution is -0.0217. The van der Waals surface area contributed by atoms with Crippen LogP contribution in [0.5, 0.6) is 0 Å². The standard InChI is InChI=1S/C25H36N2O3S/c1-5-18-15-27(16-26-18)23-9-8-21-20-7-6-17-14-19(30-31(4,28)29)10-12-24(17,2)22(20)11-13-25(21,23)3/h6,9,15-16,19-22H,5,7-8,10-14H2,1-4H3/t19-,20?,21?,22?,24-,25-/m0/s1. The van der Waals surface area contributed by atoms with E-state index in [0.717, 1.165) is 44.2 Å². The largest absolute Gasteiger partial charge is 0.310 e. The summed E-state index contributed by atoms with van der Waals surface area (Å²) in [6.45, 7) is 7.09. The Labute approximate surface area is 187 Å². The quantitative estimate of drug-likeness (QED) is 0.473. The molecule has 2 saturated carbocycles. The van der Waals surface area contributed by atoms with Gasteiger partial charge in [-0.15, -0.1) is 0 Å². The minimum atomic E-state index is -3.40. The van der Waals surface area contributed by atoms with E-state index in [2.05, 4.69) is 48.7 Å². The van der Waals surface area contributed by atoms with Crippen LogP contribution in [0.15, 0.2) is 30.2 Å². The van der Waals surface area contributed by atoms with Crippen LogP contribution >= 0.6 is 0 Å². The maximum Gasteiger partial charge on any atom is 0.264 e. The molecule has 170 valence electrons. The Bertz CT molecular complexity index is 1040. The Morgan fingerprint density at radius 3 is 2.61 bits per heavy atom. The van der Waals surface area contributed by atoms with E-state index >= 15 is 0 Å². The van der Waals surface area contributed by atoms with Crippen molar-refractivity contribution in [3.05, 3.63) is 35.9 Å². The van der Waals surface area contributed by atoms with Crippen molar-refractivity contribution in [2.45, 2.75) is 78.2 Å². The maximum atomic E-state index is 11.6. The fourth-order valence-electron chi connectivity index (χ4n) is 7.58. The van der Waals surface area contributed by atoms with Gasteiger partial charge in [0, 0.05) is 17.3 Å². The molecular formula is C25H36N2O3S. The lowest BCUT2D eigenvalue weighted by atomic mass is 9.48. The van der Waals surface area contributed by atoms with Gasteiger partial charge in [-0.25, -0.2) is 4.98 Å². The second-order valence-electron chi connectivity index (χ2n) is 10.8. The zero-order valence-electron chi connectivity index (χ0n) is 19.3. The molecule has 0 N–H and O–H groups in total. The molecule has 5 rings (SSSR count). The van der Waals surface area contributed by atoms with Crippen LogP contribution in [0.4, 0.5) is 0 Å². The van der Waals surface area contributed by atoms with Crippen LogP contribution < -0.4 is 0 Å². The summed E-state index contributed by atoms with van der Waals surface area (Å²) in [5.41, 5.74) is 4.46. The van der Waals surface area contributed by atoms with E-state index in [0.29, 0.717) is 17.8 Å². The fourth-order valence-corrected chi connectivity index (χ4v) is 8.24. The molecule has 0 radical (unpaired) electrons. The number of aromatic nitrogens is 2. The van der Waals surface area contributed by atoms with Gasteiger partial charge in [-0.05, 0) is 74.5 Å². The highest BCUT2D eigenvalue weighted by Crippen LogP contribution is 2.65. The summed E-state index contributed by atoms with van der Waals surface area (Å²) >= 11 is 0. The van der Waals surface area contributed by atoms with Gasteiger partial charge in [0.05, 0.1) is 24.4 Å². The van der Waals surface area contributed by atoms with E-state index in [-0.39, 0.29) is 16.9 Å². The topological polar surface area (TPSA) is 61.2 Å². The minimum Gasteiger partial charge on any atom is -0.310 e. The van der Waals surface area contributed by atoms with E-state index < -0.39 is 10.1 Å². The Balaban J connectivity index is 1.39. The molecule has 0 bridgehead atoms. The zero-order valence-corrected chi connectivity index (χ0v) is 20.1. The van der Waals surface area contributed by atoms with E-state index in [1.165, 1.54) is 30.4 Å². The second kappa shape index (κ2) is 7.31. The molecule has 31 heavy (non-hydrogen) atoms. The predicted molar refractivity (Wildman–Crippen MR) is 123 cm³/mol. The summed E-state index contributed by atoms with van der Waals surface area (Å²) in [6, 6.07) is 0.